The van der Waals surface area contributed by atoms with Crippen molar-refractivity contribution in [2.45, 2.75) is 11.9 Å². The van der Waals surface area contributed by atoms with Gasteiger partial charge in [-0.05, 0) is 27.6 Å². The van der Waals surface area contributed by atoms with Crippen LogP contribution in [-0.2, 0) is 11.9 Å². The van der Waals surface area contributed by atoms with Crippen LogP contribution in [0.5, 0.6) is 5.75 Å². The molecule has 88 valence electrons. The van der Waals surface area contributed by atoms with Crippen LogP contribution in [0.4, 0.5) is 0 Å². The van der Waals surface area contributed by atoms with Crippen LogP contribution in [-0.4, -0.2) is 0 Å². The number of rotatable bonds is 4. The van der Waals surface area contributed by atoms with Crippen molar-refractivity contribution in [1.29, 1.82) is 0 Å². The lowest BCUT2D eigenvalue weighted by Crippen LogP contribution is -1.98. The number of para-hydroxylation sites is 1. The molecule has 0 aromatic heterocycles. The van der Waals surface area contributed by atoms with Crippen LogP contribution in [0.3, 0.4) is 0 Å². The molecule has 17 heavy (non-hydrogen) atoms. The van der Waals surface area contributed by atoms with Gasteiger partial charge in [0.15, 0.2) is 0 Å². The average molecular weight is 356 g/mol. The highest BCUT2D eigenvalue weighted by molar-refractivity contribution is 9.10. The Labute approximate surface area is 118 Å². The molecule has 0 spiro atoms. The fourth-order valence-corrected chi connectivity index (χ4v) is 2.51. The summed E-state index contributed by atoms with van der Waals surface area (Å²) in [7, 11) is 0. The first-order valence-electron chi connectivity index (χ1n) is 5.31. The quantitative estimate of drug-likeness (QED) is 0.707. The van der Waals surface area contributed by atoms with Crippen LogP contribution in [0.2, 0.25) is 0 Å². The fourth-order valence-electron chi connectivity index (χ4n) is 1.55. The predicted molar refractivity (Wildman–Crippen MR) is 77.5 cm³/mol. The van der Waals surface area contributed by atoms with Gasteiger partial charge in [0.1, 0.15) is 12.4 Å². The molecule has 0 saturated carbocycles. The standard InChI is InChI=1S/C14H12Br2O/c15-9-12-7-4-8-13(16)14(12)17-10-11-5-2-1-3-6-11/h1-8H,9-10H2. The van der Waals surface area contributed by atoms with Crippen molar-refractivity contribution in [1.82, 2.24) is 0 Å². The van der Waals surface area contributed by atoms with Gasteiger partial charge in [-0.25, -0.2) is 0 Å². The van der Waals surface area contributed by atoms with E-state index in [1.165, 1.54) is 5.56 Å². The molecule has 0 unspecified atom stereocenters. The van der Waals surface area contributed by atoms with Gasteiger partial charge in [0.25, 0.3) is 0 Å². The minimum Gasteiger partial charge on any atom is -0.487 e. The zero-order chi connectivity index (χ0) is 12.1. The highest BCUT2D eigenvalue weighted by Gasteiger charge is 2.06. The molecule has 0 aliphatic heterocycles. The van der Waals surface area contributed by atoms with Crippen LogP contribution in [0.1, 0.15) is 11.1 Å². The molecule has 3 heteroatoms. The molecule has 2 aromatic rings. The summed E-state index contributed by atoms with van der Waals surface area (Å²) in [6, 6.07) is 16.2. The lowest BCUT2D eigenvalue weighted by molar-refractivity contribution is 0.302. The number of alkyl halides is 1. The molecule has 0 bridgehead atoms. The number of benzene rings is 2. The molecular formula is C14H12Br2O. The van der Waals surface area contributed by atoms with Gasteiger partial charge in [0.2, 0.25) is 0 Å². The Morgan fingerprint density at radius 1 is 0.941 bits per heavy atom. The second-order valence-electron chi connectivity index (χ2n) is 3.64. The van der Waals surface area contributed by atoms with Gasteiger partial charge in [-0.3, -0.25) is 0 Å². The zero-order valence-electron chi connectivity index (χ0n) is 9.20. The molecule has 0 atom stereocenters. The van der Waals surface area contributed by atoms with E-state index in [9.17, 15) is 0 Å². The summed E-state index contributed by atoms with van der Waals surface area (Å²) in [4.78, 5) is 0. The van der Waals surface area contributed by atoms with E-state index in [0.29, 0.717) is 6.61 Å². The van der Waals surface area contributed by atoms with Gasteiger partial charge in [-0.15, -0.1) is 0 Å². The molecule has 2 aromatic carbocycles. The molecule has 0 aliphatic rings. The summed E-state index contributed by atoms with van der Waals surface area (Å²) in [6.45, 7) is 0.587. The average Bonchev–Trinajstić information content (AvgIpc) is 2.38. The van der Waals surface area contributed by atoms with E-state index in [2.05, 4.69) is 50.1 Å². The van der Waals surface area contributed by atoms with Crippen molar-refractivity contribution in [3.63, 3.8) is 0 Å². The Balaban J connectivity index is 2.14. The molecule has 0 amide bonds. The van der Waals surface area contributed by atoms with Crippen LogP contribution >= 0.6 is 31.9 Å². The number of ether oxygens (including phenoxy) is 1. The van der Waals surface area contributed by atoms with Crippen LogP contribution in [0.25, 0.3) is 0 Å². The second-order valence-corrected chi connectivity index (χ2v) is 5.05. The summed E-state index contributed by atoms with van der Waals surface area (Å²) >= 11 is 6.98. The molecule has 2 rings (SSSR count). The monoisotopic (exact) mass is 354 g/mol. The van der Waals surface area contributed by atoms with Gasteiger partial charge < -0.3 is 4.74 Å². The molecule has 0 radical (unpaired) electrons. The predicted octanol–water partition coefficient (Wildman–Crippen LogP) is 4.92. The molecule has 0 saturated heterocycles. The summed E-state index contributed by atoms with van der Waals surface area (Å²) in [5, 5.41) is 0.788. The highest BCUT2D eigenvalue weighted by Crippen LogP contribution is 2.31. The number of hydrogen-bond acceptors (Lipinski definition) is 1. The second kappa shape index (κ2) is 6.22. The maximum Gasteiger partial charge on any atom is 0.138 e. The van der Waals surface area contributed by atoms with Crippen LogP contribution in [0, 0.1) is 0 Å². The summed E-state index contributed by atoms with van der Waals surface area (Å²) < 4.78 is 6.86. The van der Waals surface area contributed by atoms with E-state index in [0.717, 1.165) is 21.1 Å². The summed E-state index contributed by atoms with van der Waals surface area (Å²) in [5.74, 6) is 0.910. The third-order valence-electron chi connectivity index (χ3n) is 2.42. The third-order valence-corrected chi connectivity index (χ3v) is 3.65. The van der Waals surface area contributed by atoms with Crippen molar-refractivity contribution < 1.29 is 4.74 Å². The molecule has 1 nitrogen and oxygen atoms in total. The third kappa shape index (κ3) is 3.33. The van der Waals surface area contributed by atoms with E-state index in [1.54, 1.807) is 0 Å². The maximum atomic E-state index is 5.87. The van der Waals surface area contributed by atoms with E-state index in [1.807, 2.05) is 30.3 Å². The molecule has 0 N–H and O–H groups in total. The first-order valence-corrected chi connectivity index (χ1v) is 7.23. The van der Waals surface area contributed by atoms with Crippen LogP contribution in [0.15, 0.2) is 53.0 Å². The van der Waals surface area contributed by atoms with Gasteiger partial charge in [-0.2, -0.15) is 0 Å². The van der Waals surface area contributed by atoms with E-state index >= 15 is 0 Å². The van der Waals surface area contributed by atoms with Crippen molar-refractivity contribution in [2.75, 3.05) is 0 Å². The minimum atomic E-state index is 0.587. The normalized spacial score (nSPS) is 10.2. The topological polar surface area (TPSA) is 9.23 Å². The van der Waals surface area contributed by atoms with Gasteiger partial charge in [0, 0.05) is 10.9 Å². The minimum absolute atomic E-state index is 0.587. The largest absolute Gasteiger partial charge is 0.487 e. The fraction of sp³-hybridized carbons (Fsp3) is 0.143. The van der Waals surface area contributed by atoms with Crippen LogP contribution < -0.4 is 4.74 Å². The Kier molecular flexibility index (Phi) is 4.63. The van der Waals surface area contributed by atoms with Crippen molar-refractivity contribution in [3.05, 3.63) is 64.1 Å². The van der Waals surface area contributed by atoms with E-state index < -0.39 is 0 Å². The Bertz CT molecular complexity index is 483. The van der Waals surface area contributed by atoms with Crippen molar-refractivity contribution in [3.8, 4) is 5.75 Å². The number of halogens is 2. The zero-order valence-corrected chi connectivity index (χ0v) is 12.4. The smallest absolute Gasteiger partial charge is 0.138 e. The molecular weight excluding hydrogens is 344 g/mol. The van der Waals surface area contributed by atoms with E-state index in [-0.39, 0.29) is 0 Å². The molecule has 0 heterocycles. The van der Waals surface area contributed by atoms with Gasteiger partial charge >= 0.3 is 0 Å². The van der Waals surface area contributed by atoms with E-state index in [4.69, 9.17) is 4.74 Å². The number of hydrogen-bond donors (Lipinski definition) is 0. The summed E-state index contributed by atoms with van der Waals surface area (Å²) in [6.07, 6.45) is 0. The first-order chi connectivity index (χ1) is 8.31. The molecule has 0 fully saturated rings. The first kappa shape index (κ1) is 12.7. The van der Waals surface area contributed by atoms with Gasteiger partial charge in [0.05, 0.1) is 4.47 Å². The van der Waals surface area contributed by atoms with Gasteiger partial charge in [-0.1, -0.05) is 58.4 Å². The SMILES string of the molecule is BrCc1cccc(Br)c1OCc1ccccc1. The van der Waals surface area contributed by atoms with Crippen molar-refractivity contribution >= 4 is 31.9 Å². The summed E-state index contributed by atoms with van der Waals surface area (Å²) in [5.41, 5.74) is 2.32. The molecule has 0 aliphatic carbocycles. The lowest BCUT2D eigenvalue weighted by Gasteiger charge is -2.11. The highest BCUT2D eigenvalue weighted by atomic mass is 79.9. The lowest BCUT2D eigenvalue weighted by atomic mass is 10.2. The Morgan fingerprint density at radius 2 is 1.71 bits per heavy atom. The maximum absolute atomic E-state index is 5.87. The Hall–Kier alpha value is -0.800. The Morgan fingerprint density at radius 3 is 2.41 bits per heavy atom. The van der Waals surface area contributed by atoms with Crippen molar-refractivity contribution in [2.24, 2.45) is 0 Å².